The van der Waals surface area contributed by atoms with Gasteiger partial charge in [-0.1, -0.05) is 19.1 Å². The number of para-hydroxylation sites is 1. The Bertz CT molecular complexity index is 672. The van der Waals surface area contributed by atoms with Gasteiger partial charge in [-0.05, 0) is 32.4 Å². The molecule has 2 amide bonds. The predicted octanol–water partition coefficient (Wildman–Crippen LogP) is 3.02. The number of hydrogen-bond donors (Lipinski definition) is 3. The number of aromatic nitrogens is 2. The molecule has 3 N–H and O–H groups in total. The summed E-state index contributed by atoms with van der Waals surface area (Å²) in [4.78, 5) is 24.2. The average Bonchev–Trinajstić information content (AvgIpc) is 2.80. The highest BCUT2D eigenvalue weighted by Gasteiger charge is 2.16. The minimum absolute atomic E-state index is 0.0987. The van der Waals surface area contributed by atoms with Crippen molar-refractivity contribution in [3.05, 3.63) is 41.2 Å². The molecule has 0 aliphatic heterocycles. The van der Waals surface area contributed by atoms with Gasteiger partial charge in [-0.2, -0.15) is 5.10 Å². The topological polar surface area (TPSA) is 86.9 Å². The Morgan fingerprint density at radius 3 is 2.55 bits per heavy atom. The molecule has 0 atom stereocenters. The Balaban J connectivity index is 2.21. The molecular formula is C16H20N4O2. The van der Waals surface area contributed by atoms with Gasteiger partial charge < -0.3 is 10.6 Å². The summed E-state index contributed by atoms with van der Waals surface area (Å²) in [5, 5.41) is 12.5. The van der Waals surface area contributed by atoms with E-state index < -0.39 is 0 Å². The number of amides is 2. The third-order valence-corrected chi connectivity index (χ3v) is 3.29. The van der Waals surface area contributed by atoms with Gasteiger partial charge in [-0.15, -0.1) is 0 Å². The lowest BCUT2D eigenvalue weighted by Gasteiger charge is -2.11. The monoisotopic (exact) mass is 300 g/mol. The second-order valence-corrected chi connectivity index (χ2v) is 5.11. The molecule has 1 heterocycles. The quantitative estimate of drug-likeness (QED) is 0.793. The molecule has 2 rings (SSSR count). The maximum Gasteiger partial charge on any atom is 0.257 e. The number of nitrogens with zero attached hydrogens (tertiary/aromatic N) is 1. The highest BCUT2D eigenvalue weighted by atomic mass is 16.2. The molecule has 6 heteroatoms. The molecule has 0 saturated carbocycles. The summed E-state index contributed by atoms with van der Waals surface area (Å²) in [6.07, 6.45) is 1.18. The first kappa shape index (κ1) is 15.8. The summed E-state index contributed by atoms with van der Waals surface area (Å²) in [5.74, 6) is -0.376. The van der Waals surface area contributed by atoms with Crippen molar-refractivity contribution in [1.29, 1.82) is 0 Å². The van der Waals surface area contributed by atoms with Crippen LogP contribution in [0.1, 0.15) is 41.5 Å². The molecule has 2 aromatic rings. The summed E-state index contributed by atoms with van der Waals surface area (Å²) in [6.45, 7) is 5.58. The van der Waals surface area contributed by atoms with Gasteiger partial charge in [0.25, 0.3) is 5.91 Å². The maximum atomic E-state index is 12.5. The van der Waals surface area contributed by atoms with E-state index in [0.717, 1.165) is 17.8 Å². The molecule has 0 fully saturated rings. The summed E-state index contributed by atoms with van der Waals surface area (Å²) in [5.41, 5.74) is 3.11. The summed E-state index contributed by atoms with van der Waals surface area (Å²) in [7, 11) is 0. The Hall–Kier alpha value is -2.63. The molecular weight excluding hydrogens is 280 g/mol. The van der Waals surface area contributed by atoms with Crippen molar-refractivity contribution in [2.45, 2.75) is 33.6 Å². The fourth-order valence-electron chi connectivity index (χ4n) is 2.15. The number of benzene rings is 1. The lowest BCUT2D eigenvalue weighted by molar-refractivity contribution is -0.116. The molecule has 0 radical (unpaired) electrons. The second kappa shape index (κ2) is 6.89. The van der Waals surface area contributed by atoms with E-state index in [4.69, 9.17) is 0 Å². The number of aromatic amines is 1. The molecule has 22 heavy (non-hydrogen) atoms. The van der Waals surface area contributed by atoms with Crippen LogP contribution in [0.3, 0.4) is 0 Å². The first-order valence-corrected chi connectivity index (χ1v) is 7.24. The fourth-order valence-corrected chi connectivity index (χ4v) is 2.15. The number of hydrogen-bond acceptors (Lipinski definition) is 3. The number of anilines is 2. The Kier molecular flexibility index (Phi) is 4.93. The summed E-state index contributed by atoms with van der Waals surface area (Å²) >= 11 is 0. The second-order valence-electron chi connectivity index (χ2n) is 5.11. The fraction of sp³-hybridized carbons (Fsp3) is 0.312. The number of carbonyl (C=O) groups excluding carboxylic acids is 2. The first-order valence-electron chi connectivity index (χ1n) is 7.24. The lowest BCUT2D eigenvalue weighted by atomic mass is 10.1. The largest absolute Gasteiger partial charge is 0.325 e. The minimum atomic E-state index is -0.278. The third-order valence-electron chi connectivity index (χ3n) is 3.29. The normalized spacial score (nSPS) is 10.3. The van der Waals surface area contributed by atoms with Crippen LogP contribution in [0.25, 0.3) is 0 Å². The molecule has 1 aromatic heterocycles. The lowest BCUT2D eigenvalue weighted by Crippen LogP contribution is -2.18. The minimum Gasteiger partial charge on any atom is -0.325 e. The van der Waals surface area contributed by atoms with Crippen molar-refractivity contribution in [1.82, 2.24) is 10.2 Å². The van der Waals surface area contributed by atoms with E-state index in [-0.39, 0.29) is 11.8 Å². The van der Waals surface area contributed by atoms with E-state index >= 15 is 0 Å². The van der Waals surface area contributed by atoms with Crippen LogP contribution in [-0.2, 0) is 4.79 Å². The van der Waals surface area contributed by atoms with Gasteiger partial charge in [0.2, 0.25) is 5.91 Å². The van der Waals surface area contributed by atoms with Crippen molar-refractivity contribution < 1.29 is 9.59 Å². The van der Waals surface area contributed by atoms with Crippen LogP contribution in [0.15, 0.2) is 24.3 Å². The van der Waals surface area contributed by atoms with Crippen LogP contribution < -0.4 is 10.6 Å². The van der Waals surface area contributed by atoms with Crippen molar-refractivity contribution in [2.24, 2.45) is 0 Å². The number of aryl methyl sites for hydroxylation is 2. The zero-order valence-electron chi connectivity index (χ0n) is 13.0. The van der Waals surface area contributed by atoms with E-state index in [1.807, 2.05) is 20.8 Å². The number of carbonyl (C=O) groups is 2. The average molecular weight is 300 g/mol. The molecule has 1 aromatic carbocycles. The first-order chi connectivity index (χ1) is 10.5. The van der Waals surface area contributed by atoms with Gasteiger partial charge in [0.1, 0.15) is 0 Å². The SMILES string of the molecule is CCCC(=O)Nc1ccccc1C(=O)Nc1c(C)n[nH]c1C. The molecule has 0 aliphatic rings. The standard InChI is InChI=1S/C16H20N4O2/c1-4-7-14(21)17-13-9-6-5-8-12(13)16(22)18-15-10(2)19-20-11(15)3/h5-6,8-9H,4,7H2,1-3H3,(H,17,21)(H,18,22)(H,19,20). The van der Waals surface area contributed by atoms with Crippen LogP contribution in [0.4, 0.5) is 11.4 Å². The van der Waals surface area contributed by atoms with Crippen LogP contribution >= 0.6 is 0 Å². The molecule has 0 unspecified atom stereocenters. The Morgan fingerprint density at radius 2 is 1.91 bits per heavy atom. The highest BCUT2D eigenvalue weighted by molar-refractivity contribution is 6.10. The predicted molar refractivity (Wildman–Crippen MR) is 86.0 cm³/mol. The van der Waals surface area contributed by atoms with Gasteiger partial charge in [0.05, 0.1) is 28.3 Å². The van der Waals surface area contributed by atoms with Gasteiger partial charge >= 0.3 is 0 Å². The summed E-state index contributed by atoms with van der Waals surface area (Å²) < 4.78 is 0. The molecule has 116 valence electrons. The molecule has 0 spiro atoms. The van der Waals surface area contributed by atoms with Crippen molar-refractivity contribution in [2.75, 3.05) is 10.6 Å². The summed E-state index contributed by atoms with van der Waals surface area (Å²) in [6, 6.07) is 6.95. The van der Waals surface area contributed by atoms with Crippen LogP contribution in [0, 0.1) is 13.8 Å². The van der Waals surface area contributed by atoms with Crippen molar-refractivity contribution >= 4 is 23.2 Å². The van der Waals surface area contributed by atoms with E-state index in [9.17, 15) is 9.59 Å². The smallest absolute Gasteiger partial charge is 0.257 e. The number of H-pyrrole nitrogens is 1. The molecule has 0 aliphatic carbocycles. The van der Waals surface area contributed by atoms with E-state index in [0.29, 0.717) is 23.4 Å². The molecule has 0 bridgehead atoms. The van der Waals surface area contributed by atoms with Crippen LogP contribution in [0.2, 0.25) is 0 Å². The van der Waals surface area contributed by atoms with Crippen LogP contribution in [-0.4, -0.2) is 22.0 Å². The Morgan fingerprint density at radius 1 is 1.18 bits per heavy atom. The zero-order valence-corrected chi connectivity index (χ0v) is 13.0. The van der Waals surface area contributed by atoms with E-state index in [1.165, 1.54) is 0 Å². The third kappa shape index (κ3) is 3.52. The van der Waals surface area contributed by atoms with Gasteiger partial charge in [0, 0.05) is 6.42 Å². The van der Waals surface area contributed by atoms with Crippen LogP contribution in [0.5, 0.6) is 0 Å². The highest BCUT2D eigenvalue weighted by Crippen LogP contribution is 2.21. The van der Waals surface area contributed by atoms with Gasteiger partial charge in [-0.25, -0.2) is 0 Å². The van der Waals surface area contributed by atoms with E-state index in [1.54, 1.807) is 24.3 Å². The number of nitrogens with one attached hydrogen (secondary N) is 3. The van der Waals surface area contributed by atoms with Crippen molar-refractivity contribution in [3.63, 3.8) is 0 Å². The van der Waals surface area contributed by atoms with Gasteiger partial charge in [0.15, 0.2) is 0 Å². The molecule has 0 saturated heterocycles. The van der Waals surface area contributed by atoms with Crippen molar-refractivity contribution in [3.8, 4) is 0 Å². The maximum absolute atomic E-state index is 12.5. The molecule has 6 nitrogen and oxygen atoms in total. The Labute approximate surface area is 129 Å². The number of rotatable bonds is 5. The van der Waals surface area contributed by atoms with Gasteiger partial charge in [-0.3, -0.25) is 14.7 Å². The van der Waals surface area contributed by atoms with E-state index in [2.05, 4.69) is 20.8 Å². The zero-order chi connectivity index (χ0) is 16.1.